The highest BCUT2D eigenvalue weighted by Crippen LogP contribution is 2.39. The Hall–Kier alpha value is -1.95. The first-order chi connectivity index (χ1) is 9.58. The molecule has 0 spiro atoms. The molecule has 1 aromatic heterocycles. The SMILES string of the molecule is O=C(O)C(=O)O.c1cncc(C2CC3CCC2NC3)c1. The number of hydrogen-bond acceptors (Lipinski definition) is 4. The number of hydrogen-bond donors (Lipinski definition) is 3. The van der Waals surface area contributed by atoms with Gasteiger partial charge >= 0.3 is 11.9 Å². The first-order valence-electron chi connectivity index (χ1n) is 6.67. The van der Waals surface area contributed by atoms with Gasteiger partial charge in [0, 0.05) is 24.4 Å². The predicted molar refractivity (Wildman–Crippen MR) is 71.4 cm³/mol. The van der Waals surface area contributed by atoms with Gasteiger partial charge in [0.25, 0.3) is 0 Å². The summed E-state index contributed by atoms with van der Waals surface area (Å²) in [6, 6.07) is 4.99. The maximum Gasteiger partial charge on any atom is 0.414 e. The van der Waals surface area contributed by atoms with Crippen molar-refractivity contribution >= 4 is 11.9 Å². The minimum Gasteiger partial charge on any atom is -0.473 e. The Morgan fingerprint density at radius 1 is 1.25 bits per heavy atom. The molecule has 0 radical (unpaired) electrons. The molecule has 20 heavy (non-hydrogen) atoms. The van der Waals surface area contributed by atoms with Crippen molar-refractivity contribution < 1.29 is 19.8 Å². The third-order valence-corrected chi connectivity index (χ3v) is 3.92. The zero-order valence-corrected chi connectivity index (χ0v) is 11.0. The lowest BCUT2D eigenvalue weighted by molar-refractivity contribution is -0.159. The van der Waals surface area contributed by atoms with Crippen LogP contribution in [0, 0.1) is 5.92 Å². The van der Waals surface area contributed by atoms with Crippen LogP contribution in [0.25, 0.3) is 0 Å². The molecule has 3 atom stereocenters. The van der Waals surface area contributed by atoms with Gasteiger partial charge in [-0.3, -0.25) is 4.98 Å². The summed E-state index contributed by atoms with van der Waals surface area (Å²) in [6.45, 7) is 1.24. The fraction of sp³-hybridized carbons (Fsp3) is 0.500. The lowest BCUT2D eigenvalue weighted by atomic mass is 9.72. The molecular weight excluding hydrogens is 260 g/mol. The van der Waals surface area contributed by atoms with Crippen molar-refractivity contribution in [3.8, 4) is 0 Å². The van der Waals surface area contributed by atoms with Crippen LogP contribution in [0.5, 0.6) is 0 Å². The second kappa shape index (κ2) is 6.47. The van der Waals surface area contributed by atoms with Crippen molar-refractivity contribution in [1.82, 2.24) is 10.3 Å². The summed E-state index contributed by atoms with van der Waals surface area (Å²) in [4.78, 5) is 22.4. The summed E-state index contributed by atoms with van der Waals surface area (Å²) < 4.78 is 0. The van der Waals surface area contributed by atoms with Crippen LogP contribution >= 0.6 is 0 Å². The molecule has 2 saturated heterocycles. The number of nitrogens with one attached hydrogen (secondary N) is 1. The van der Waals surface area contributed by atoms with E-state index in [4.69, 9.17) is 19.8 Å². The predicted octanol–water partition coefficient (Wildman–Crippen LogP) is 1.09. The maximum atomic E-state index is 9.10. The highest BCUT2D eigenvalue weighted by molar-refractivity contribution is 6.27. The van der Waals surface area contributed by atoms with E-state index in [1.165, 1.54) is 31.4 Å². The monoisotopic (exact) mass is 278 g/mol. The molecule has 0 amide bonds. The lowest BCUT2D eigenvalue weighted by Gasteiger charge is -2.43. The van der Waals surface area contributed by atoms with Crippen LogP contribution in [0.4, 0.5) is 0 Å². The Labute approximate surface area is 116 Å². The number of pyridine rings is 1. The van der Waals surface area contributed by atoms with Gasteiger partial charge in [0.05, 0.1) is 0 Å². The average Bonchev–Trinajstić information content (AvgIpc) is 2.50. The van der Waals surface area contributed by atoms with Gasteiger partial charge in [-0.25, -0.2) is 9.59 Å². The van der Waals surface area contributed by atoms with Crippen molar-refractivity contribution in [2.45, 2.75) is 31.2 Å². The van der Waals surface area contributed by atoms with Gasteiger partial charge in [-0.1, -0.05) is 6.07 Å². The molecule has 108 valence electrons. The Balaban J connectivity index is 0.000000212. The molecular formula is C14H18N2O4. The number of piperidine rings is 2. The van der Waals surface area contributed by atoms with Crippen molar-refractivity contribution in [2.24, 2.45) is 5.92 Å². The van der Waals surface area contributed by atoms with E-state index < -0.39 is 11.9 Å². The van der Waals surface area contributed by atoms with Gasteiger partial charge < -0.3 is 15.5 Å². The van der Waals surface area contributed by atoms with Crippen LogP contribution < -0.4 is 5.32 Å². The number of nitrogens with zero attached hydrogens (tertiary/aromatic N) is 1. The molecule has 1 saturated carbocycles. The summed E-state index contributed by atoms with van der Waals surface area (Å²) >= 11 is 0. The van der Waals surface area contributed by atoms with Crippen LogP contribution in [-0.2, 0) is 9.59 Å². The van der Waals surface area contributed by atoms with E-state index in [0.29, 0.717) is 6.04 Å². The van der Waals surface area contributed by atoms with E-state index in [-0.39, 0.29) is 0 Å². The molecule has 1 aromatic rings. The molecule has 3 aliphatic rings. The number of fused-ring (bicyclic) bond motifs is 3. The highest BCUT2D eigenvalue weighted by Gasteiger charge is 2.35. The number of carboxylic acids is 2. The standard InChI is InChI=1S/C12H16N2.C2H2O4/c1-2-10(8-13-5-1)11-6-9-3-4-12(11)14-7-9;3-1(4)2(5)6/h1-2,5,8-9,11-12,14H,3-4,6-7H2;(H,3,4)(H,5,6). The summed E-state index contributed by atoms with van der Waals surface area (Å²) in [5, 5.41) is 18.4. The Kier molecular flexibility index (Phi) is 4.68. The number of aliphatic carboxylic acids is 2. The second-order valence-corrected chi connectivity index (χ2v) is 5.20. The normalized spacial score (nSPS) is 27.3. The molecule has 6 heteroatoms. The van der Waals surface area contributed by atoms with E-state index >= 15 is 0 Å². The summed E-state index contributed by atoms with van der Waals surface area (Å²) in [7, 11) is 0. The van der Waals surface area contributed by atoms with Gasteiger partial charge in [-0.2, -0.15) is 0 Å². The van der Waals surface area contributed by atoms with E-state index in [0.717, 1.165) is 11.8 Å². The topological polar surface area (TPSA) is 99.5 Å². The third-order valence-electron chi connectivity index (χ3n) is 3.92. The lowest BCUT2D eigenvalue weighted by Crippen LogP contribution is -2.48. The first kappa shape index (κ1) is 14.5. The molecule has 6 nitrogen and oxygen atoms in total. The molecule has 3 N–H and O–H groups in total. The maximum absolute atomic E-state index is 9.10. The smallest absolute Gasteiger partial charge is 0.414 e. The zero-order chi connectivity index (χ0) is 14.5. The van der Waals surface area contributed by atoms with Gasteiger partial charge in [0.2, 0.25) is 0 Å². The average molecular weight is 278 g/mol. The number of aromatic nitrogens is 1. The molecule has 2 bridgehead atoms. The first-order valence-corrected chi connectivity index (χ1v) is 6.67. The Morgan fingerprint density at radius 2 is 2.00 bits per heavy atom. The van der Waals surface area contributed by atoms with Crippen molar-refractivity contribution in [2.75, 3.05) is 6.54 Å². The summed E-state index contributed by atoms with van der Waals surface area (Å²) in [5.41, 5.74) is 1.43. The van der Waals surface area contributed by atoms with Crippen LogP contribution in [0.3, 0.4) is 0 Å². The molecule has 1 aliphatic carbocycles. The Bertz CT molecular complexity index is 457. The molecule has 2 aliphatic heterocycles. The summed E-state index contributed by atoms with van der Waals surface area (Å²) in [6.07, 6.45) is 8.03. The van der Waals surface area contributed by atoms with Gasteiger partial charge in [0.15, 0.2) is 0 Å². The Morgan fingerprint density at radius 3 is 2.40 bits per heavy atom. The number of carboxylic acid groups (broad SMARTS) is 2. The fourth-order valence-corrected chi connectivity index (χ4v) is 2.97. The van der Waals surface area contributed by atoms with E-state index in [2.05, 4.69) is 22.4 Å². The molecule has 3 fully saturated rings. The van der Waals surface area contributed by atoms with E-state index in [1.807, 2.05) is 12.4 Å². The van der Waals surface area contributed by atoms with Crippen LogP contribution in [0.1, 0.15) is 30.7 Å². The minimum atomic E-state index is -1.82. The number of rotatable bonds is 1. The molecule has 3 unspecified atom stereocenters. The van der Waals surface area contributed by atoms with E-state index in [1.54, 1.807) is 0 Å². The zero-order valence-electron chi connectivity index (χ0n) is 11.0. The quantitative estimate of drug-likeness (QED) is 0.665. The van der Waals surface area contributed by atoms with Crippen LogP contribution in [0.2, 0.25) is 0 Å². The fourth-order valence-electron chi connectivity index (χ4n) is 2.97. The van der Waals surface area contributed by atoms with Crippen LogP contribution in [0.15, 0.2) is 24.5 Å². The van der Waals surface area contributed by atoms with Crippen LogP contribution in [-0.4, -0.2) is 39.7 Å². The molecule has 4 rings (SSSR count). The number of carbonyl (C=O) groups is 2. The third kappa shape index (κ3) is 3.54. The van der Waals surface area contributed by atoms with Gasteiger partial charge in [-0.15, -0.1) is 0 Å². The van der Waals surface area contributed by atoms with E-state index in [9.17, 15) is 0 Å². The minimum absolute atomic E-state index is 0.712. The largest absolute Gasteiger partial charge is 0.473 e. The summed E-state index contributed by atoms with van der Waals surface area (Å²) in [5.74, 6) is -2.02. The second-order valence-electron chi connectivity index (χ2n) is 5.20. The molecule has 0 aromatic carbocycles. The van der Waals surface area contributed by atoms with Crippen molar-refractivity contribution in [1.29, 1.82) is 0 Å². The van der Waals surface area contributed by atoms with Gasteiger partial charge in [-0.05, 0) is 43.4 Å². The molecule has 3 heterocycles. The highest BCUT2D eigenvalue weighted by atomic mass is 16.4. The van der Waals surface area contributed by atoms with Crippen molar-refractivity contribution in [3.05, 3.63) is 30.1 Å². The van der Waals surface area contributed by atoms with Gasteiger partial charge in [0.1, 0.15) is 0 Å². The van der Waals surface area contributed by atoms with Crippen molar-refractivity contribution in [3.63, 3.8) is 0 Å².